The van der Waals surface area contributed by atoms with Crippen molar-refractivity contribution in [1.82, 2.24) is 19.8 Å². The van der Waals surface area contributed by atoms with Gasteiger partial charge in [-0.25, -0.2) is 9.18 Å². The van der Waals surface area contributed by atoms with Crippen LogP contribution < -0.4 is 14.4 Å². The van der Waals surface area contributed by atoms with Crippen molar-refractivity contribution in [2.45, 2.75) is 76.4 Å². The van der Waals surface area contributed by atoms with E-state index in [1.165, 1.54) is 0 Å². The predicted molar refractivity (Wildman–Crippen MR) is 191 cm³/mol. The summed E-state index contributed by atoms with van der Waals surface area (Å²) in [6, 6.07) is 14.0. The summed E-state index contributed by atoms with van der Waals surface area (Å²) in [5, 5.41) is 12.4. The molecule has 0 radical (unpaired) electrons. The lowest BCUT2D eigenvalue weighted by molar-refractivity contribution is 0.0133. The molecule has 4 aromatic rings. The van der Waals surface area contributed by atoms with Gasteiger partial charge in [0.1, 0.15) is 17.1 Å². The number of rotatable bonds is 9. The third-order valence-electron chi connectivity index (χ3n) is 11.9. The fourth-order valence-electron chi connectivity index (χ4n) is 9.61. The van der Waals surface area contributed by atoms with Gasteiger partial charge in [-0.1, -0.05) is 37.6 Å². The van der Waals surface area contributed by atoms with Crippen molar-refractivity contribution in [3.05, 3.63) is 53.8 Å². The van der Waals surface area contributed by atoms with E-state index < -0.39 is 11.9 Å². The number of likely N-dealkylation sites (tertiary alicyclic amines) is 1. The largest absolute Gasteiger partial charge is 0.468 e. The smallest absolute Gasteiger partial charge is 0.407 e. The van der Waals surface area contributed by atoms with Crippen LogP contribution in [0.1, 0.15) is 57.4 Å². The zero-order chi connectivity index (χ0) is 34.6. The van der Waals surface area contributed by atoms with Crippen molar-refractivity contribution < 1.29 is 28.5 Å². The van der Waals surface area contributed by atoms with E-state index in [0.717, 1.165) is 79.8 Å². The standard InChI is InChI=1S/C39H46FN5O5/c1-4-24-8-5-9-25-18-28(50-23-48-3)19-31(33(24)25)29-13-14-30-35(34(29)40)41-37(49-22-39-15-6-10-32(39)43(2)17-7-16-39)42-36(30)44-20-26-11-12-27(21-44)45(26)38(46)47/h5,8-9,13-14,18-19,26-27,32H,4,6-7,10-12,15-17,20-23H2,1-3H3,(H,46,47)/t26-,27+,32-,39-/m1/s1. The zero-order valence-corrected chi connectivity index (χ0v) is 29.2. The number of hydrogen-bond acceptors (Lipinski definition) is 8. The summed E-state index contributed by atoms with van der Waals surface area (Å²) in [5.41, 5.74) is 2.47. The number of aromatic nitrogens is 2. The Morgan fingerprint density at radius 3 is 2.58 bits per heavy atom. The third kappa shape index (κ3) is 5.58. The lowest BCUT2D eigenvalue weighted by Crippen LogP contribution is -2.55. The number of nitrogens with zero attached hydrogens (tertiary/aromatic N) is 5. The molecule has 3 saturated heterocycles. The maximum absolute atomic E-state index is 17.3. The lowest BCUT2D eigenvalue weighted by Gasteiger charge is -2.44. The molecule has 11 heteroatoms. The van der Waals surface area contributed by atoms with Gasteiger partial charge in [0, 0.05) is 42.6 Å². The highest BCUT2D eigenvalue weighted by molar-refractivity contribution is 6.03. The number of ether oxygens (including phenoxy) is 3. The minimum atomic E-state index is -0.886. The molecular formula is C39H46FN5O5. The minimum Gasteiger partial charge on any atom is -0.468 e. The summed E-state index contributed by atoms with van der Waals surface area (Å²) >= 11 is 0. The van der Waals surface area contributed by atoms with Crippen LogP contribution in [0.4, 0.5) is 15.0 Å². The number of halogens is 1. The van der Waals surface area contributed by atoms with E-state index in [2.05, 4.69) is 29.8 Å². The molecule has 1 saturated carbocycles. The highest BCUT2D eigenvalue weighted by Gasteiger charge is 2.48. The number of piperazine rings is 1. The van der Waals surface area contributed by atoms with Crippen molar-refractivity contribution >= 4 is 33.6 Å². The molecule has 1 aromatic heterocycles. The van der Waals surface area contributed by atoms with Crippen molar-refractivity contribution in [2.24, 2.45) is 5.41 Å². The zero-order valence-electron chi connectivity index (χ0n) is 29.2. The molecule has 1 aliphatic carbocycles. The maximum atomic E-state index is 17.3. The predicted octanol–water partition coefficient (Wildman–Crippen LogP) is 7.11. The summed E-state index contributed by atoms with van der Waals surface area (Å²) in [6.45, 7) is 4.72. The molecule has 0 unspecified atom stereocenters. The van der Waals surface area contributed by atoms with E-state index in [1.54, 1.807) is 12.0 Å². The molecule has 10 nitrogen and oxygen atoms in total. The topological polar surface area (TPSA) is 100 Å². The van der Waals surface area contributed by atoms with E-state index in [1.807, 2.05) is 36.4 Å². The first-order valence-electron chi connectivity index (χ1n) is 18.1. The molecule has 2 bridgehead atoms. The Hall–Kier alpha value is -4.22. The van der Waals surface area contributed by atoms with Gasteiger partial charge in [0.2, 0.25) is 0 Å². The Bertz CT molecular complexity index is 1930. The molecule has 0 spiro atoms. The molecule has 50 heavy (non-hydrogen) atoms. The Morgan fingerprint density at radius 2 is 1.82 bits per heavy atom. The Morgan fingerprint density at radius 1 is 1.02 bits per heavy atom. The average Bonchev–Trinajstić information content (AvgIpc) is 3.68. The second-order valence-corrected chi connectivity index (χ2v) is 14.7. The van der Waals surface area contributed by atoms with Gasteiger partial charge in [-0.3, -0.25) is 4.90 Å². The molecule has 4 aliphatic rings. The van der Waals surface area contributed by atoms with Gasteiger partial charge in [-0.2, -0.15) is 9.97 Å². The molecular weight excluding hydrogens is 637 g/mol. The number of benzene rings is 3. The summed E-state index contributed by atoms with van der Waals surface area (Å²) in [7, 11) is 3.78. The summed E-state index contributed by atoms with van der Waals surface area (Å²) in [6.07, 6.45) is 7.11. The maximum Gasteiger partial charge on any atom is 0.407 e. The number of carboxylic acid groups (broad SMARTS) is 1. The van der Waals surface area contributed by atoms with Crippen LogP contribution in [-0.2, 0) is 11.2 Å². The van der Waals surface area contributed by atoms with E-state index in [4.69, 9.17) is 24.2 Å². The molecule has 8 rings (SSSR count). The summed E-state index contributed by atoms with van der Waals surface area (Å²) in [5.74, 6) is 0.729. The monoisotopic (exact) mass is 683 g/mol. The first-order valence-corrected chi connectivity index (χ1v) is 18.1. The van der Waals surface area contributed by atoms with Gasteiger partial charge in [-0.05, 0) is 98.6 Å². The number of anilines is 1. The van der Waals surface area contributed by atoms with Gasteiger partial charge < -0.3 is 29.1 Å². The van der Waals surface area contributed by atoms with Crippen LogP contribution >= 0.6 is 0 Å². The number of aryl methyl sites for hydroxylation is 1. The second kappa shape index (κ2) is 13.2. The Balaban J connectivity index is 1.25. The van der Waals surface area contributed by atoms with Crippen LogP contribution in [0, 0.1) is 11.2 Å². The van der Waals surface area contributed by atoms with Crippen LogP contribution in [0.5, 0.6) is 11.8 Å². The number of piperidine rings is 1. The Kier molecular flexibility index (Phi) is 8.67. The summed E-state index contributed by atoms with van der Waals surface area (Å²) in [4.78, 5) is 28.1. The van der Waals surface area contributed by atoms with Crippen molar-refractivity contribution in [2.75, 3.05) is 52.1 Å². The first-order chi connectivity index (χ1) is 24.3. The van der Waals surface area contributed by atoms with Crippen LogP contribution in [0.3, 0.4) is 0 Å². The molecule has 1 N–H and O–H groups in total. The molecule has 4 atom stereocenters. The van der Waals surface area contributed by atoms with E-state index in [-0.39, 0.29) is 35.8 Å². The van der Waals surface area contributed by atoms with Gasteiger partial charge in [0.25, 0.3) is 0 Å². The fourth-order valence-corrected chi connectivity index (χ4v) is 9.61. The van der Waals surface area contributed by atoms with Crippen molar-refractivity contribution in [1.29, 1.82) is 0 Å². The quantitative estimate of drug-likeness (QED) is 0.185. The van der Waals surface area contributed by atoms with Gasteiger partial charge in [0.15, 0.2) is 12.6 Å². The highest BCUT2D eigenvalue weighted by atomic mass is 19.1. The third-order valence-corrected chi connectivity index (χ3v) is 11.9. The molecule has 264 valence electrons. The highest BCUT2D eigenvalue weighted by Crippen LogP contribution is 2.48. The second-order valence-electron chi connectivity index (χ2n) is 14.7. The van der Waals surface area contributed by atoms with Gasteiger partial charge in [-0.15, -0.1) is 0 Å². The van der Waals surface area contributed by atoms with Crippen LogP contribution in [-0.4, -0.2) is 96.3 Å². The number of hydrogen-bond donors (Lipinski definition) is 1. The van der Waals surface area contributed by atoms with E-state index in [0.29, 0.717) is 48.3 Å². The number of fused-ring (bicyclic) bond motifs is 5. The number of methoxy groups -OCH3 is 1. The molecule has 3 aromatic carbocycles. The van der Waals surface area contributed by atoms with E-state index in [9.17, 15) is 9.90 Å². The van der Waals surface area contributed by atoms with Crippen molar-refractivity contribution in [3.8, 4) is 22.9 Å². The van der Waals surface area contributed by atoms with Gasteiger partial charge in [0.05, 0.1) is 18.7 Å². The minimum absolute atomic E-state index is 0.0240. The summed E-state index contributed by atoms with van der Waals surface area (Å²) < 4.78 is 34.9. The van der Waals surface area contributed by atoms with Crippen molar-refractivity contribution in [3.63, 3.8) is 0 Å². The van der Waals surface area contributed by atoms with Crippen LogP contribution in [0.25, 0.3) is 32.8 Å². The number of carbonyl (C=O) groups is 1. The SMILES string of the molecule is CCc1cccc2cc(OCOC)cc(-c3ccc4c(N5C[C@H]6CC[C@@H](C5)N6C(=O)O)nc(OC[C@]56CCC[C@H]5N(C)CCC6)nc4c3F)c12. The molecule has 4 heterocycles. The molecule has 1 amide bonds. The first kappa shape index (κ1) is 33.0. The number of amides is 1. The fraction of sp³-hybridized carbons (Fsp3) is 0.513. The van der Waals surface area contributed by atoms with Crippen LogP contribution in [0.15, 0.2) is 42.5 Å². The average molecular weight is 684 g/mol. The van der Waals surface area contributed by atoms with E-state index >= 15 is 4.39 Å². The lowest BCUT2D eigenvalue weighted by atomic mass is 9.76. The molecule has 4 fully saturated rings. The van der Waals surface area contributed by atoms with Gasteiger partial charge >= 0.3 is 12.1 Å². The molecule has 3 aliphatic heterocycles. The van der Waals surface area contributed by atoms with Crippen LogP contribution in [0.2, 0.25) is 0 Å². The Labute approximate surface area is 292 Å². The normalized spacial score (nSPS) is 25.0.